The van der Waals surface area contributed by atoms with E-state index >= 15 is 0 Å². The molecule has 1 aliphatic heterocycles. The zero-order chi connectivity index (χ0) is 19.2. The van der Waals surface area contributed by atoms with Gasteiger partial charge in [-0.15, -0.1) is 0 Å². The summed E-state index contributed by atoms with van der Waals surface area (Å²) in [6.07, 6.45) is 7.17. The monoisotopic (exact) mass is 388 g/mol. The van der Waals surface area contributed by atoms with E-state index in [-0.39, 0.29) is 12.0 Å². The van der Waals surface area contributed by atoms with Gasteiger partial charge in [-0.05, 0) is 23.8 Å². The first-order chi connectivity index (χ1) is 13.1. The number of halogens is 1. The first-order valence-electron chi connectivity index (χ1n) is 8.56. The van der Waals surface area contributed by atoms with Gasteiger partial charge in [0.05, 0.1) is 20.8 Å². The number of carbonyl (C=O) groups excluding carboxylic acids is 1. The molecule has 0 aliphatic carbocycles. The maximum absolute atomic E-state index is 12.5. The van der Waals surface area contributed by atoms with E-state index in [4.69, 9.17) is 25.8 Å². The van der Waals surface area contributed by atoms with E-state index in [0.29, 0.717) is 35.4 Å². The van der Waals surface area contributed by atoms with Gasteiger partial charge in [0.1, 0.15) is 16.9 Å². The van der Waals surface area contributed by atoms with Gasteiger partial charge in [0.25, 0.3) is 0 Å². The van der Waals surface area contributed by atoms with Gasteiger partial charge in [-0.2, -0.15) is 0 Å². The van der Waals surface area contributed by atoms with E-state index in [0.717, 1.165) is 12.0 Å². The standard InChI is InChI=1S/C20H21ClN2O4/c1-25-18-5-3-14(11-19(18)26-2)4-6-20(24)23-10-8-15(13-23)27-17-7-9-22-12-16(17)21/h3-7,9,11-12,15H,8,10,13H2,1-2H3. The second-order valence-corrected chi connectivity index (χ2v) is 6.47. The van der Waals surface area contributed by atoms with Crippen molar-refractivity contribution in [3.8, 4) is 17.2 Å². The number of pyridine rings is 1. The fourth-order valence-electron chi connectivity index (χ4n) is 2.89. The molecule has 2 heterocycles. The van der Waals surface area contributed by atoms with Crippen molar-refractivity contribution in [3.05, 3.63) is 53.3 Å². The van der Waals surface area contributed by atoms with Crippen molar-refractivity contribution in [2.24, 2.45) is 0 Å². The summed E-state index contributed by atoms with van der Waals surface area (Å²) in [6, 6.07) is 7.22. The Labute approximate surface area is 163 Å². The number of methoxy groups -OCH3 is 2. The van der Waals surface area contributed by atoms with E-state index in [9.17, 15) is 4.79 Å². The number of carbonyl (C=O) groups is 1. The van der Waals surface area contributed by atoms with Crippen molar-refractivity contribution in [2.75, 3.05) is 27.3 Å². The Bertz CT molecular complexity index is 840. The lowest BCUT2D eigenvalue weighted by Crippen LogP contribution is -2.29. The predicted molar refractivity (Wildman–Crippen MR) is 103 cm³/mol. The lowest BCUT2D eigenvalue weighted by Gasteiger charge is -2.16. The minimum atomic E-state index is -0.0802. The first kappa shape index (κ1) is 19.0. The summed E-state index contributed by atoms with van der Waals surface area (Å²) in [7, 11) is 3.16. The maximum atomic E-state index is 12.5. The summed E-state index contributed by atoms with van der Waals surface area (Å²) < 4.78 is 16.4. The molecule has 142 valence electrons. The topological polar surface area (TPSA) is 60.9 Å². The zero-order valence-electron chi connectivity index (χ0n) is 15.2. The quantitative estimate of drug-likeness (QED) is 0.709. The van der Waals surface area contributed by atoms with E-state index in [2.05, 4.69) is 4.98 Å². The molecular weight excluding hydrogens is 368 g/mol. The van der Waals surface area contributed by atoms with Gasteiger partial charge in [-0.25, -0.2) is 0 Å². The Morgan fingerprint density at radius 1 is 1.22 bits per heavy atom. The molecule has 1 aromatic heterocycles. The van der Waals surface area contributed by atoms with Crippen molar-refractivity contribution in [2.45, 2.75) is 12.5 Å². The Balaban J connectivity index is 1.59. The maximum Gasteiger partial charge on any atom is 0.246 e. The SMILES string of the molecule is COc1ccc(C=CC(=O)N2CCC(Oc3ccncc3Cl)C2)cc1OC. The van der Waals surface area contributed by atoms with Gasteiger partial charge in [0, 0.05) is 37.5 Å². The Morgan fingerprint density at radius 2 is 2.04 bits per heavy atom. The third kappa shape index (κ3) is 4.71. The highest BCUT2D eigenvalue weighted by atomic mass is 35.5. The molecule has 0 radical (unpaired) electrons. The van der Waals surface area contributed by atoms with Gasteiger partial charge in [-0.1, -0.05) is 17.7 Å². The van der Waals surface area contributed by atoms with Crippen LogP contribution >= 0.6 is 11.6 Å². The van der Waals surface area contributed by atoms with Crippen LogP contribution in [0.3, 0.4) is 0 Å². The van der Waals surface area contributed by atoms with E-state index in [1.807, 2.05) is 12.1 Å². The Hall–Kier alpha value is -2.73. The van der Waals surface area contributed by atoms with Crippen molar-refractivity contribution in [3.63, 3.8) is 0 Å². The van der Waals surface area contributed by atoms with Crippen molar-refractivity contribution in [1.82, 2.24) is 9.88 Å². The summed E-state index contributed by atoms with van der Waals surface area (Å²) in [5, 5.41) is 0.468. The van der Waals surface area contributed by atoms with Gasteiger partial charge in [-0.3, -0.25) is 9.78 Å². The van der Waals surface area contributed by atoms with Crippen LogP contribution in [-0.2, 0) is 4.79 Å². The van der Waals surface area contributed by atoms with Crippen LogP contribution in [-0.4, -0.2) is 49.2 Å². The molecule has 27 heavy (non-hydrogen) atoms. The Kier molecular flexibility index (Phi) is 6.19. The minimum absolute atomic E-state index is 0.0586. The normalized spacial score (nSPS) is 16.6. The van der Waals surface area contributed by atoms with Crippen LogP contribution in [0.2, 0.25) is 5.02 Å². The lowest BCUT2D eigenvalue weighted by molar-refractivity contribution is -0.125. The molecule has 0 spiro atoms. The third-order valence-corrected chi connectivity index (χ3v) is 4.60. The molecule has 3 rings (SSSR count). The summed E-state index contributed by atoms with van der Waals surface area (Å²) in [5.74, 6) is 1.80. The van der Waals surface area contributed by atoms with Crippen LogP contribution in [0.5, 0.6) is 17.2 Å². The van der Waals surface area contributed by atoms with E-state index < -0.39 is 0 Å². The van der Waals surface area contributed by atoms with E-state index in [1.165, 1.54) is 0 Å². The lowest BCUT2D eigenvalue weighted by atomic mass is 10.2. The molecule has 0 saturated carbocycles. The predicted octanol–water partition coefficient (Wildman–Crippen LogP) is 3.45. The van der Waals surface area contributed by atoms with Crippen molar-refractivity contribution >= 4 is 23.6 Å². The first-order valence-corrected chi connectivity index (χ1v) is 8.93. The van der Waals surface area contributed by atoms with Crippen LogP contribution in [0.1, 0.15) is 12.0 Å². The van der Waals surface area contributed by atoms with E-state index in [1.54, 1.807) is 55.8 Å². The minimum Gasteiger partial charge on any atom is -0.493 e. The number of hydrogen-bond donors (Lipinski definition) is 0. The molecule has 6 nitrogen and oxygen atoms in total. The summed E-state index contributed by atoms with van der Waals surface area (Å²) in [6.45, 7) is 1.16. The molecule has 1 aromatic carbocycles. The van der Waals surface area contributed by atoms with Crippen LogP contribution < -0.4 is 14.2 Å². The van der Waals surface area contributed by atoms with Gasteiger partial charge in [0.15, 0.2) is 11.5 Å². The molecule has 1 atom stereocenters. The van der Waals surface area contributed by atoms with Gasteiger partial charge < -0.3 is 19.1 Å². The fraction of sp³-hybridized carbons (Fsp3) is 0.300. The molecule has 2 aromatic rings. The summed E-state index contributed by atoms with van der Waals surface area (Å²) in [4.78, 5) is 18.2. The fourth-order valence-corrected chi connectivity index (χ4v) is 3.06. The number of rotatable bonds is 6. The molecular formula is C20H21ClN2O4. The molecule has 7 heteroatoms. The van der Waals surface area contributed by atoms with Gasteiger partial charge >= 0.3 is 0 Å². The molecule has 1 aliphatic rings. The number of hydrogen-bond acceptors (Lipinski definition) is 5. The summed E-state index contributed by atoms with van der Waals surface area (Å²) in [5.41, 5.74) is 0.858. The number of aromatic nitrogens is 1. The molecule has 1 amide bonds. The van der Waals surface area contributed by atoms with Crippen LogP contribution in [0, 0.1) is 0 Å². The number of amides is 1. The van der Waals surface area contributed by atoms with Gasteiger partial charge in [0.2, 0.25) is 5.91 Å². The van der Waals surface area contributed by atoms with Crippen LogP contribution in [0.15, 0.2) is 42.7 Å². The second kappa shape index (κ2) is 8.77. The number of nitrogens with zero attached hydrogens (tertiary/aromatic N) is 2. The smallest absolute Gasteiger partial charge is 0.246 e. The van der Waals surface area contributed by atoms with Crippen LogP contribution in [0.4, 0.5) is 0 Å². The largest absolute Gasteiger partial charge is 0.493 e. The highest BCUT2D eigenvalue weighted by Gasteiger charge is 2.27. The molecule has 0 bridgehead atoms. The molecule has 1 saturated heterocycles. The van der Waals surface area contributed by atoms with Crippen molar-refractivity contribution < 1.29 is 19.0 Å². The third-order valence-electron chi connectivity index (χ3n) is 4.31. The average molecular weight is 389 g/mol. The summed E-state index contributed by atoms with van der Waals surface area (Å²) >= 11 is 6.07. The highest BCUT2D eigenvalue weighted by Crippen LogP contribution is 2.28. The number of likely N-dealkylation sites (tertiary alicyclic amines) is 1. The molecule has 1 fully saturated rings. The van der Waals surface area contributed by atoms with Crippen molar-refractivity contribution in [1.29, 1.82) is 0 Å². The average Bonchev–Trinajstić information content (AvgIpc) is 3.16. The number of ether oxygens (including phenoxy) is 3. The van der Waals surface area contributed by atoms with Crippen LogP contribution in [0.25, 0.3) is 6.08 Å². The highest BCUT2D eigenvalue weighted by molar-refractivity contribution is 6.31. The molecule has 0 N–H and O–H groups in total. The zero-order valence-corrected chi connectivity index (χ0v) is 16.0. The molecule has 1 unspecified atom stereocenters. The number of benzene rings is 1. The Morgan fingerprint density at radius 3 is 2.78 bits per heavy atom. The second-order valence-electron chi connectivity index (χ2n) is 6.07.